The molecule has 0 spiro atoms. The summed E-state index contributed by atoms with van der Waals surface area (Å²) in [6, 6.07) is 1.98. The van der Waals surface area contributed by atoms with Gasteiger partial charge >= 0.3 is 0 Å². The van der Waals surface area contributed by atoms with Crippen molar-refractivity contribution >= 4 is 0 Å². The zero-order valence-electron chi connectivity index (χ0n) is 12.0. The second kappa shape index (κ2) is 4.21. The summed E-state index contributed by atoms with van der Waals surface area (Å²) in [5, 5.41) is 0. The first kappa shape index (κ1) is 11.7. The van der Waals surface area contributed by atoms with Gasteiger partial charge in [-0.25, -0.2) is 0 Å². The van der Waals surface area contributed by atoms with Gasteiger partial charge < -0.3 is 4.48 Å². The lowest BCUT2D eigenvalue weighted by Gasteiger charge is -2.60. The van der Waals surface area contributed by atoms with Crippen molar-refractivity contribution in [1.29, 1.82) is 0 Å². The van der Waals surface area contributed by atoms with Crippen LogP contribution in [0.1, 0.15) is 44.9 Å². The van der Waals surface area contributed by atoms with Crippen molar-refractivity contribution in [3.05, 3.63) is 0 Å². The fourth-order valence-electron chi connectivity index (χ4n) is 5.99. The van der Waals surface area contributed by atoms with Gasteiger partial charge in [0.1, 0.15) is 0 Å². The van der Waals surface area contributed by atoms with Crippen LogP contribution in [0.25, 0.3) is 0 Å². The summed E-state index contributed by atoms with van der Waals surface area (Å²) in [5.41, 5.74) is 0. The third-order valence-corrected chi connectivity index (χ3v) is 6.70. The molecular formula is C16H29N2+. The number of hydrogen-bond donors (Lipinski definition) is 0. The minimum atomic E-state index is 0.966. The Kier molecular flexibility index (Phi) is 2.74. The van der Waals surface area contributed by atoms with Gasteiger partial charge in [0.25, 0.3) is 0 Å². The van der Waals surface area contributed by atoms with Crippen molar-refractivity contribution in [1.82, 2.24) is 4.90 Å². The first-order valence-electron chi connectivity index (χ1n) is 8.34. The first-order valence-corrected chi connectivity index (χ1v) is 8.34. The molecule has 2 heteroatoms. The number of rotatable bonds is 0. The molecule has 18 heavy (non-hydrogen) atoms. The van der Waals surface area contributed by atoms with E-state index in [1.165, 1.54) is 69.2 Å². The average molecular weight is 249 g/mol. The van der Waals surface area contributed by atoms with Gasteiger partial charge in [0.05, 0.1) is 26.2 Å². The van der Waals surface area contributed by atoms with Crippen LogP contribution in [0.2, 0.25) is 0 Å². The molecule has 102 valence electrons. The molecule has 4 fully saturated rings. The van der Waals surface area contributed by atoms with E-state index in [2.05, 4.69) is 11.9 Å². The third kappa shape index (κ3) is 1.68. The average Bonchev–Trinajstić information content (AvgIpc) is 2.38. The maximum absolute atomic E-state index is 2.89. The van der Waals surface area contributed by atoms with E-state index >= 15 is 0 Å². The largest absolute Gasteiger partial charge is 0.323 e. The minimum Gasteiger partial charge on any atom is -0.323 e. The second-order valence-corrected chi connectivity index (χ2v) is 7.76. The van der Waals surface area contributed by atoms with E-state index in [-0.39, 0.29) is 0 Å². The molecule has 4 saturated heterocycles. The van der Waals surface area contributed by atoms with Gasteiger partial charge in [-0.05, 0) is 45.1 Å². The topological polar surface area (TPSA) is 3.24 Å². The fourth-order valence-corrected chi connectivity index (χ4v) is 5.99. The molecular weight excluding hydrogens is 220 g/mol. The first-order chi connectivity index (χ1) is 8.76. The standard InChI is InChI=1S/C16H29N2/c1-18-9-5-3-7-16(18)13-10-14(12-18)15-6-2-4-8-17(15)11-13/h13-16H,2-12H2,1H3/q+1. The van der Waals surface area contributed by atoms with Crippen LogP contribution < -0.4 is 0 Å². The van der Waals surface area contributed by atoms with E-state index < -0.39 is 0 Å². The normalized spacial score (nSPS) is 52.5. The van der Waals surface area contributed by atoms with Crippen molar-refractivity contribution in [2.24, 2.45) is 11.8 Å². The van der Waals surface area contributed by atoms with E-state index in [1.807, 2.05) is 0 Å². The Labute approximate surface area is 112 Å². The Morgan fingerprint density at radius 3 is 2.83 bits per heavy atom. The molecule has 2 bridgehead atoms. The number of quaternary nitrogens is 1. The van der Waals surface area contributed by atoms with Crippen LogP contribution in [-0.4, -0.2) is 54.7 Å². The van der Waals surface area contributed by atoms with E-state index in [0.717, 1.165) is 23.9 Å². The van der Waals surface area contributed by atoms with Crippen LogP contribution in [0.15, 0.2) is 0 Å². The molecule has 5 unspecified atom stereocenters. The number of hydrogen-bond acceptors (Lipinski definition) is 1. The van der Waals surface area contributed by atoms with Gasteiger partial charge in [0, 0.05) is 24.4 Å². The molecule has 4 aliphatic rings. The van der Waals surface area contributed by atoms with E-state index in [0.29, 0.717) is 0 Å². The van der Waals surface area contributed by atoms with Crippen LogP contribution in [0.3, 0.4) is 0 Å². The molecule has 4 aliphatic heterocycles. The monoisotopic (exact) mass is 249 g/mol. The van der Waals surface area contributed by atoms with Gasteiger partial charge in [-0.2, -0.15) is 0 Å². The summed E-state index contributed by atoms with van der Waals surface area (Å²) in [6.07, 6.45) is 10.5. The van der Waals surface area contributed by atoms with Crippen LogP contribution >= 0.6 is 0 Å². The smallest absolute Gasteiger partial charge is 0.0929 e. The molecule has 0 aromatic rings. The van der Waals surface area contributed by atoms with Crippen molar-refractivity contribution in [2.45, 2.75) is 57.0 Å². The molecule has 0 saturated carbocycles. The summed E-state index contributed by atoms with van der Waals surface area (Å²) >= 11 is 0. The Morgan fingerprint density at radius 2 is 1.89 bits per heavy atom. The highest BCUT2D eigenvalue weighted by Crippen LogP contribution is 2.45. The molecule has 0 aliphatic carbocycles. The summed E-state index contributed by atoms with van der Waals surface area (Å²) in [6.45, 7) is 5.83. The van der Waals surface area contributed by atoms with Crippen LogP contribution in [-0.2, 0) is 0 Å². The van der Waals surface area contributed by atoms with Gasteiger partial charge in [0.15, 0.2) is 0 Å². The van der Waals surface area contributed by atoms with Crippen molar-refractivity contribution in [3.63, 3.8) is 0 Å². The van der Waals surface area contributed by atoms with Crippen molar-refractivity contribution in [3.8, 4) is 0 Å². The molecule has 5 atom stereocenters. The maximum atomic E-state index is 2.89. The highest BCUT2D eigenvalue weighted by atomic mass is 15.4. The predicted molar refractivity (Wildman–Crippen MR) is 74.4 cm³/mol. The lowest BCUT2D eigenvalue weighted by molar-refractivity contribution is -0.951. The highest BCUT2D eigenvalue weighted by Gasteiger charge is 2.53. The van der Waals surface area contributed by atoms with Crippen LogP contribution in [0, 0.1) is 11.8 Å². The summed E-state index contributed by atoms with van der Waals surface area (Å²) < 4.78 is 1.44. The Hall–Kier alpha value is -0.0800. The summed E-state index contributed by atoms with van der Waals surface area (Å²) in [4.78, 5) is 2.89. The predicted octanol–water partition coefficient (Wildman–Crippen LogP) is 2.49. The lowest BCUT2D eigenvalue weighted by Crippen LogP contribution is -2.70. The van der Waals surface area contributed by atoms with Crippen molar-refractivity contribution in [2.75, 3.05) is 33.2 Å². The molecule has 0 N–H and O–H groups in total. The van der Waals surface area contributed by atoms with Crippen LogP contribution in [0.4, 0.5) is 0 Å². The Bertz CT molecular complexity index is 329. The van der Waals surface area contributed by atoms with Crippen LogP contribution in [0.5, 0.6) is 0 Å². The summed E-state index contributed by atoms with van der Waals surface area (Å²) in [7, 11) is 2.58. The fraction of sp³-hybridized carbons (Fsp3) is 1.00. The number of piperidine rings is 4. The molecule has 0 aromatic heterocycles. The highest BCUT2D eigenvalue weighted by molar-refractivity contribution is 4.96. The molecule has 4 heterocycles. The molecule has 4 rings (SSSR count). The zero-order valence-corrected chi connectivity index (χ0v) is 12.0. The number of nitrogens with zero attached hydrogens (tertiary/aromatic N) is 2. The van der Waals surface area contributed by atoms with Gasteiger partial charge in [-0.15, -0.1) is 0 Å². The second-order valence-electron chi connectivity index (χ2n) is 7.76. The quantitative estimate of drug-likeness (QED) is 0.596. The van der Waals surface area contributed by atoms with Gasteiger partial charge in [-0.3, -0.25) is 4.90 Å². The third-order valence-electron chi connectivity index (χ3n) is 6.70. The molecule has 2 nitrogen and oxygen atoms in total. The van der Waals surface area contributed by atoms with E-state index in [4.69, 9.17) is 0 Å². The van der Waals surface area contributed by atoms with E-state index in [1.54, 1.807) is 6.42 Å². The van der Waals surface area contributed by atoms with E-state index in [9.17, 15) is 0 Å². The molecule has 0 amide bonds. The zero-order chi connectivity index (χ0) is 12.2. The maximum Gasteiger partial charge on any atom is 0.0929 e. The SMILES string of the molecule is C[N+]12CCCCC1C1CC(C2)C2CCCCN2C1. The van der Waals surface area contributed by atoms with Gasteiger partial charge in [0.2, 0.25) is 0 Å². The molecule has 0 radical (unpaired) electrons. The Morgan fingerprint density at radius 1 is 1.00 bits per heavy atom. The Balaban J connectivity index is 1.61. The minimum absolute atomic E-state index is 0.966. The van der Waals surface area contributed by atoms with Crippen molar-refractivity contribution < 1.29 is 4.48 Å². The number of fused-ring (bicyclic) bond motifs is 6. The summed E-state index contributed by atoms with van der Waals surface area (Å²) in [5.74, 6) is 2.06. The molecule has 0 aromatic carbocycles. The lowest BCUT2D eigenvalue weighted by atomic mass is 9.70. The van der Waals surface area contributed by atoms with Gasteiger partial charge in [-0.1, -0.05) is 6.42 Å².